The van der Waals surface area contributed by atoms with Crippen molar-refractivity contribution < 1.29 is 14.3 Å². The molecule has 3 aromatic heterocycles. The van der Waals surface area contributed by atoms with Crippen molar-refractivity contribution in [2.75, 3.05) is 7.11 Å². The average molecular weight is 654 g/mol. The molecule has 2 aromatic carbocycles. The summed E-state index contributed by atoms with van der Waals surface area (Å²) in [4.78, 5) is 37.5. The van der Waals surface area contributed by atoms with Gasteiger partial charge >= 0.3 is 0 Å². The molecule has 1 atom stereocenters. The molecule has 11 heteroatoms. The maximum Gasteiger partial charge on any atom is 0.240 e. The van der Waals surface area contributed by atoms with Crippen LogP contribution in [0.3, 0.4) is 0 Å². The Morgan fingerprint density at radius 2 is 1.79 bits per heavy atom. The monoisotopic (exact) mass is 653 g/mol. The van der Waals surface area contributed by atoms with Gasteiger partial charge in [-0.3, -0.25) is 14.6 Å². The Hall–Kier alpha value is -4.70. The van der Waals surface area contributed by atoms with Crippen molar-refractivity contribution in [1.29, 1.82) is 0 Å². The lowest BCUT2D eigenvalue weighted by Gasteiger charge is -2.37. The van der Waals surface area contributed by atoms with E-state index in [2.05, 4.69) is 21.8 Å². The van der Waals surface area contributed by atoms with Crippen LogP contribution in [-0.4, -0.2) is 60.2 Å². The summed E-state index contributed by atoms with van der Waals surface area (Å²) in [6, 6.07) is 16.8. The maximum absolute atomic E-state index is 14.1. The largest absolute Gasteiger partial charge is 0.495 e. The third-order valence-electron chi connectivity index (χ3n) is 9.01. The van der Waals surface area contributed by atoms with E-state index in [4.69, 9.17) is 32.2 Å². The molecule has 10 nitrogen and oxygen atoms in total. The molecule has 0 radical (unpaired) electrons. The van der Waals surface area contributed by atoms with Crippen molar-refractivity contribution in [3.05, 3.63) is 83.8 Å². The second-order valence-corrected chi connectivity index (χ2v) is 12.8. The molecule has 5 aromatic rings. The summed E-state index contributed by atoms with van der Waals surface area (Å²) in [6.07, 6.45) is 9.56. The lowest BCUT2D eigenvalue weighted by molar-refractivity contribution is -0.143. The van der Waals surface area contributed by atoms with Gasteiger partial charge in [0, 0.05) is 53.2 Å². The van der Waals surface area contributed by atoms with Crippen LogP contribution in [0, 0.1) is 5.92 Å². The van der Waals surface area contributed by atoms with E-state index in [-0.39, 0.29) is 24.3 Å². The number of carbonyl (C=O) groups is 2. The molecule has 47 heavy (non-hydrogen) atoms. The van der Waals surface area contributed by atoms with E-state index in [1.807, 2.05) is 67.1 Å². The smallest absolute Gasteiger partial charge is 0.240 e. The Bertz CT molecular complexity index is 1880. The summed E-state index contributed by atoms with van der Waals surface area (Å²) in [7, 11) is 1.58. The molecule has 244 valence electrons. The highest BCUT2D eigenvalue weighted by molar-refractivity contribution is 6.32. The molecule has 1 fully saturated rings. The molecule has 1 aliphatic rings. The van der Waals surface area contributed by atoms with E-state index >= 15 is 0 Å². The van der Waals surface area contributed by atoms with Gasteiger partial charge in [0.2, 0.25) is 11.8 Å². The van der Waals surface area contributed by atoms with Crippen LogP contribution in [0.5, 0.6) is 5.75 Å². The van der Waals surface area contributed by atoms with Gasteiger partial charge in [-0.15, -0.1) is 0 Å². The van der Waals surface area contributed by atoms with Gasteiger partial charge in [0.25, 0.3) is 0 Å². The van der Waals surface area contributed by atoms with E-state index in [1.165, 1.54) is 0 Å². The van der Waals surface area contributed by atoms with Crippen LogP contribution >= 0.6 is 11.6 Å². The van der Waals surface area contributed by atoms with E-state index in [9.17, 15) is 9.59 Å². The second-order valence-electron chi connectivity index (χ2n) is 12.4. The number of pyridine rings is 1. The number of para-hydroxylation sites is 1. The van der Waals surface area contributed by atoms with Gasteiger partial charge in [-0.25, -0.2) is 9.67 Å². The molecule has 0 spiro atoms. The standard InChI is InChI=1S/C36H40ClN7O3/c1-23(2)33(34(38)46)44(27-8-4-5-9-27)32(45)21-26-22-42(30-11-7-6-10-28(26)30)18-19-43-36(25-12-13-31(47-3)29(37)20-25)40-35(41-43)24-14-16-39-17-15-24/h6-7,10-17,20,22-23,27,33H,4-5,8-9,18-19,21H2,1-3H3,(H2,38,46)/t33-/m0/s1. The predicted molar refractivity (Wildman–Crippen MR) is 183 cm³/mol. The number of aryl methyl sites for hydroxylation is 2. The molecule has 6 rings (SSSR count). The van der Waals surface area contributed by atoms with Crippen molar-refractivity contribution in [3.8, 4) is 28.5 Å². The van der Waals surface area contributed by atoms with E-state index in [0.29, 0.717) is 35.5 Å². The number of ether oxygens (including phenoxy) is 1. The topological polar surface area (TPSA) is 121 Å². The normalized spacial score (nSPS) is 14.1. The highest BCUT2D eigenvalue weighted by Gasteiger charge is 2.37. The number of hydrogen-bond acceptors (Lipinski definition) is 6. The molecule has 0 unspecified atom stereocenters. The number of nitrogens with two attached hydrogens (primary N) is 1. The summed E-state index contributed by atoms with van der Waals surface area (Å²) in [5, 5.41) is 6.37. The number of halogens is 1. The molecular weight excluding hydrogens is 614 g/mol. The number of primary amides is 1. The van der Waals surface area contributed by atoms with Gasteiger partial charge in [0.1, 0.15) is 11.8 Å². The number of nitrogens with zero attached hydrogens (tertiary/aromatic N) is 6. The lowest BCUT2D eigenvalue weighted by Crippen LogP contribution is -2.55. The average Bonchev–Trinajstić information content (AvgIpc) is 3.82. The van der Waals surface area contributed by atoms with Crippen molar-refractivity contribution in [1.82, 2.24) is 29.2 Å². The molecule has 1 saturated carbocycles. The number of carbonyl (C=O) groups excluding carboxylic acids is 2. The minimum absolute atomic E-state index is 0.0301. The van der Waals surface area contributed by atoms with Gasteiger partial charge < -0.3 is 19.9 Å². The van der Waals surface area contributed by atoms with E-state index in [0.717, 1.165) is 53.3 Å². The van der Waals surface area contributed by atoms with Crippen LogP contribution in [-0.2, 0) is 29.1 Å². The molecule has 0 bridgehead atoms. The van der Waals surface area contributed by atoms with Crippen molar-refractivity contribution >= 4 is 34.3 Å². The Kier molecular flexibility index (Phi) is 9.58. The molecule has 3 heterocycles. The minimum Gasteiger partial charge on any atom is -0.495 e. The zero-order chi connectivity index (χ0) is 33.1. The fourth-order valence-electron chi connectivity index (χ4n) is 6.80. The molecule has 2 N–H and O–H groups in total. The predicted octanol–water partition coefficient (Wildman–Crippen LogP) is 6.15. The Morgan fingerprint density at radius 3 is 2.47 bits per heavy atom. The number of aromatic nitrogens is 5. The minimum atomic E-state index is -0.634. The molecule has 0 aliphatic heterocycles. The van der Waals surface area contributed by atoms with Crippen LogP contribution < -0.4 is 10.5 Å². The first kappa shape index (κ1) is 32.2. The molecule has 2 amide bonds. The van der Waals surface area contributed by atoms with Gasteiger partial charge in [0.05, 0.1) is 25.1 Å². The Balaban J connectivity index is 1.31. The SMILES string of the molecule is COc1ccc(-c2nc(-c3ccncc3)nn2CCn2cc(CC(=O)N(C3CCCC3)[C@H](C(N)=O)C(C)C)c3ccccc32)cc1Cl. The molecular formula is C36H40ClN7O3. The number of benzene rings is 2. The Morgan fingerprint density at radius 1 is 1.04 bits per heavy atom. The summed E-state index contributed by atoms with van der Waals surface area (Å²) >= 11 is 6.50. The van der Waals surface area contributed by atoms with Crippen LogP contribution in [0.25, 0.3) is 33.7 Å². The first-order valence-corrected chi connectivity index (χ1v) is 16.5. The zero-order valence-corrected chi connectivity index (χ0v) is 27.7. The molecule has 1 aliphatic carbocycles. The summed E-state index contributed by atoms with van der Waals surface area (Å²) in [6.45, 7) is 4.99. The third-order valence-corrected chi connectivity index (χ3v) is 9.31. The highest BCUT2D eigenvalue weighted by atomic mass is 35.5. The third kappa shape index (κ3) is 6.74. The zero-order valence-electron chi connectivity index (χ0n) is 27.0. The lowest BCUT2D eigenvalue weighted by atomic mass is 9.97. The van der Waals surface area contributed by atoms with Crippen molar-refractivity contribution in [3.63, 3.8) is 0 Å². The first-order chi connectivity index (χ1) is 22.7. The Labute approximate surface area is 279 Å². The van der Waals surface area contributed by atoms with Gasteiger partial charge in [-0.05, 0) is 60.7 Å². The summed E-state index contributed by atoms with van der Waals surface area (Å²) in [5.41, 5.74) is 9.48. The van der Waals surface area contributed by atoms with Crippen LogP contribution in [0.2, 0.25) is 5.02 Å². The van der Waals surface area contributed by atoms with E-state index < -0.39 is 11.9 Å². The fraction of sp³-hybridized carbons (Fsp3) is 0.361. The highest BCUT2D eigenvalue weighted by Crippen LogP contribution is 2.32. The second kappa shape index (κ2) is 14.0. The number of fused-ring (bicyclic) bond motifs is 1. The van der Waals surface area contributed by atoms with Crippen molar-refractivity contribution in [2.24, 2.45) is 11.7 Å². The van der Waals surface area contributed by atoms with Crippen LogP contribution in [0.4, 0.5) is 0 Å². The number of methoxy groups -OCH3 is 1. The molecule has 0 saturated heterocycles. The number of rotatable bonds is 12. The number of hydrogen-bond donors (Lipinski definition) is 1. The first-order valence-electron chi connectivity index (χ1n) is 16.1. The van der Waals surface area contributed by atoms with Crippen LogP contribution in [0.1, 0.15) is 45.1 Å². The van der Waals surface area contributed by atoms with Crippen LogP contribution in [0.15, 0.2) is 73.2 Å². The van der Waals surface area contributed by atoms with Gasteiger partial charge in [-0.2, -0.15) is 5.10 Å². The van der Waals surface area contributed by atoms with Gasteiger partial charge in [-0.1, -0.05) is 56.5 Å². The quantitative estimate of drug-likeness (QED) is 0.172. The van der Waals surface area contributed by atoms with Crippen molar-refractivity contribution in [2.45, 2.75) is 71.1 Å². The summed E-state index contributed by atoms with van der Waals surface area (Å²) in [5.74, 6) is 1.25. The number of amides is 2. The van der Waals surface area contributed by atoms with Gasteiger partial charge in [0.15, 0.2) is 11.6 Å². The maximum atomic E-state index is 14.1. The fourth-order valence-corrected chi connectivity index (χ4v) is 7.06. The van der Waals surface area contributed by atoms with E-state index in [1.54, 1.807) is 24.4 Å². The summed E-state index contributed by atoms with van der Waals surface area (Å²) < 4.78 is 9.40.